The molecule has 1 heterocycles. The summed E-state index contributed by atoms with van der Waals surface area (Å²) in [6.07, 6.45) is -0.770. The molecule has 0 radical (unpaired) electrons. The highest BCUT2D eigenvalue weighted by Crippen LogP contribution is 2.22. The molecule has 2 unspecified atom stereocenters. The van der Waals surface area contributed by atoms with Crippen LogP contribution in [0.15, 0.2) is 29.2 Å². The van der Waals surface area contributed by atoms with Crippen LogP contribution in [0.3, 0.4) is 0 Å². The Labute approximate surface area is 112 Å². The second-order valence-electron chi connectivity index (χ2n) is 4.57. The number of ether oxygens (including phenoxy) is 1. The van der Waals surface area contributed by atoms with Gasteiger partial charge in [-0.15, -0.1) is 0 Å². The average molecular weight is 287 g/mol. The number of hydrogen-bond donors (Lipinski definition) is 2. The van der Waals surface area contributed by atoms with Crippen LogP contribution in [-0.4, -0.2) is 54.8 Å². The fourth-order valence-electron chi connectivity index (χ4n) is 2.07. The van der Waals surface area contributed by atoms with Crippen molar-refractivity contribution in [3.8, 4) is 5.75 Å². The number of hydrogen-bond acceptors (Lipinski definition) is 5. The summed E-state index contributed by atoms with van der Waals surface area (Å²) in [5, 5.41) is 18.3. The smallest absolute Gasteiger partial charge is 0.243 e. The van der Waals surface area contributed by atoms with Crippen molar-refractivity contribution in [2.24, 2.45) is 0 Å². The molecule has 1 aliphatic rings. The first-order valence-corrected chi connectivity index (χ1v) is 7.43. The number of benzene rings is 1. The van der Waals surface area contributed by atoms with Gasteiger partial charge < -0.3 is 14.9 Å². The Kier molecular flexibility index (Phi) is 4.10. The summed E-state index contributed by atoms with van der Waals surface area (Å²) in [5.41, 5.74) is 0. The summed E-state index contributed by atoms with van der Waals surface area (Å²) >= 11 is 0. The van der Waals surface area contributed by atoms with Gasteiger partial charge >= 0.3 is 0 Å². The molecule has 6 nitrogen and oxygen atoms in total. The van der Waals surface area contributed by atoms with Crippen molar-refractivity contribution in [3.05, 3.63) is 24.3 Å². The number of morpholine rings is 1. The lowest BCUT2D eigenvalue weighted by atomic mass is 10.2. The fourth-order valence-corrected chi connectivity index (χ4v) is 3.61. The molecule has 0 aromatic heterocycles. The molecule has 2 rings (SSSR count). The van der Waals surface area contributed by atoms with Gasteiger partial charge in [0.15, 0.2) is 0 Å². The van der Waals surface area contributed by atoms with Gasteiger partial charge in [-0.3, -0.25) is 0 Å². The van der Waals surface area contributed by atoms with E-state index >= 15 is 0 Å². The maximum atomic E-state index is 12.4. The monoisotopic (exact) mass is 287 g/mol. The third kappa shape index (κ3) is 3.06. The van der Waals surface area contributed by atoms with E-state index in [9.17, 15) is 13.5 Å². The number of nitrogens with zero attached hydrogens (tertiary/aromatic N) is 1. The van der Waals surface area contributed by atoms with Gasteiger partial charge in [-0.25, -0.2) is 8.42 Å². The van der Waals surface area contributed by atoms with Crippen LogP contribution in [0.2, 0.25) is 0 Å². The zero-order chi connectivity index (χ0) is 14.0. The van der Waals surface area contributed by atoms with Crippen molar-refractivity contribution < 1.29 is 23.4 Å². The van der Waals surface area contributed by atoms with Crippen LogP contribution in [0.4, 0.5) is 0 Å². The van der Waals surface area contributed by atoms with Gasteiger partial charge in [-0.2, -0.15) is 4.31 Å². The number of rotatable bonds is 3. The van der Waals surface area contributed by atoms with Crippen molar-refractivity contribution in [3.63, 3.8) is 0 Å². The summed E-state index contributed by atoms with van der Waals surface area (Å²) < 4.78 is 31.5. The Morgan fingerprint density at radius 1 is 1.32 bits per heavy atom. The van der Waals surface area contributed by atoms with Crippen molar-refractivity contribution in [2.75, 3.05) is 19.7 Å². The summed E-state index contributed by atoms with van der Waals surface area (Å²) in [6, 6.07) is 5.39. The van der Waals surface area contributed by atoms with Crippen LogP contribution < -0.4 is 0 Å². The summed E-state index contributed by atoms with van der Waals surface area (Å²) in [4.78, 5) is 0.121. The van der Waals surface area contributed by atoms with Crippen LogP contribution in [0, 0.1) is 0 Å². The highest BCUT2D eigenvalue weighted by atomic mass is 32.2. The Morgan fingerprint density at radius 3 is 2.53 bits per heavy atom. The molecule has 2 atom stereocenters. The first-order valence-electron chi connectivity index (χ1n) is 5.99. The van der Waals surface area contributed by atoms with Gasteiger partial charge in [-0.1, -0.05) is 0 Å². The summed E-state index contributed by atoms with van der Waals surface area (Å²) in [5.74, 6) is 0.0162. The molecule has 1 aliphatic heterocycles. The number of aromatic hydroxyl groups is 1. The van der Waals surface area contributed by atoms with E-state index in [-0.39, 0.29) is 36.4 Å². The van der Waals surface area contributed by atoms with Gasteiger partial charge in [0.25, 0.3) is 0 Å². The largest absolute Gasteiger partial charge is 0.508 e. The number of aliphatic hydroxyl groups is 1. The number of phenolic OH excluding ortho intramolecular Hbond substituents is 1. The first kappa shape index (κ1) is 14.3. The Bertz CT molecular complexity index is 528. The van der Waals surface area contributed by atoms with E-state index < -0.39 is 16.1 Å². The summed E-state index contributed by atoms with van der Waals surface area (Å²) in [6.45, 7) is 1.93. The summed E-state index contributed by atoms with van der Waals surface area (Å²) in [7, 11) is -3.62. The minimum atomic E-state index is -3.62. The van der Waals surface area contributed by atoms with Gasteiger partial charge in [0.05, 0.1) is 23.7 Å². The maximum Gasteiger partial charge on any atom is 0.243 e. The highest BCUT2D eigenvalue weighted by Gasteiger charge is 2.33. The van der Waals surface area contributed by atoms with Crippen molar-refractivity contribution in [1.82, 2.24) is 4.31 Å². The molecule has 1 fully saturated rings. The van der Waals surface area contributed by atoms with Crippen LogP contribution in [-0.2, 0) is 14.8 Å². The topological polar surface area (TPSA) is 87.1 Å². The molecular weight excluding hydrogens is 270 g/mol. The molecule has 19 heavy (non-hydrogen) atoms. The maximum absolute atomic E-state index is 12.4. The molecule has 1 aromatic carbocycles. The Hall–Kier alpha value is -1.15. The predicted octanol–water partition coefficient (Wildman–Crippen LogP) is 0.162. The molecule has 7 heteroatoms. The van der Waals surface area contributed by atoms with E-state index in [1.54, 1.807) is 6.92 Å². The van der Waals surface area contributed by atoms with Crippen molar-refractivity contribution in [1.29, 1.82) is 0 Å². The van der Waals surface area contributed by atoms with Crippen LogP contribution in [0.1, 0.15) is 6.92 Å². The van der Waals surface area contributed by atoms with E-state index in [4.69, 9.17) is 9.84 Å². The SMILES string of the molecule is CC1CN(S(=O)(=O)c2ccc(O)cc2)CC(CO)O1. The third-order valence-corrected chi connectivity index (χ3v) is 4.82. The van der Waals surface area contributed by atoms with E-state index in [1.807, 2.05) is 0 Å². The molecule has 0 bridgehead atoms. The lowest BCUT2D eigenvalue weighted by molar-refractivity contribution is -0.0750. The minimum absolute atomic E-state index is 0.0162. The van der Waals surface area contributed by atoms with E-state index in [0.29, 0.717) is 0 Å². The normalized spacial score (nSPS) is 25.4. The number of phenols is 1. The fraction of sp³-hybridized carbons (Fsp3) is 0.500. The van der Waals surface area contributed by atoms with Gasteiger partial charge in [0.2, 0.25) is 10.0 Å². The highest BCUT2D eigenvalue weighted by molar-refractivity contribution is 7.89. The van der Waals surface area contributed by atoms with E-state index in [0.717, 1.165) is 0 Å². The van der Waals surface area contributed by atoms with Crippen molar-refractivity contribution >= 4 is 10.0 Å². The van der Waals surface area contributed by atoms with Crippen LogP contribution in [0.25, 0.3) is 0 Å². The van der Waals surface area contributed by atoms with Crippen molar-refractivity contribution in [2.45, 2.75) is 24.0 Å². The van der Waals surface area contributed by atoms with Gasteiger partial charge in [0.1, 0.15) is 5.75 Å². The predicted molar refractivity (Wildman–Crippen MR) is 68.3 cm³/mol. The number of aliphatic hydroxyl groups excluding tert-OH is 1. The zero-order valence-electron chi connectivity index (χ0n) is 10.6. The lowest BCUT2D eigenvalue weighted by Crippen LogP contribution is -2.50. The molecule has 0 saturated carbocycles. The first-order chi connectivity index (χ1) is 8.93. The number of sulfonamides is 1. The minimum Gasteiger partial charge on any atom is -0.508 e. The quantitative estimate of drug-likeness (QED) is 0.827. The molecule has 1 aromatic rings. The average Bonchev–Trinajstić information content (AvgIpc) is 2.38. The Balaban J connectivity index is 2.26. The van der Waals surface area contributed by atoms with Gasteiger partial charge in [0, 0.05) is 13.1 Å². The molecule has 0 spiro atoms. The molecule has 106 valence electrons. The Morgan fingerprint density at radius 2 is 1.95 bits per heavy atom. The molecule has 0 aliphatic carbocycles. The third-order valence-electron chi connectivity index (χ3n) is 2.97. The molecule has 0 amide bonds. The second-order valence-corrected chi connectivity index (χ2v) is 6.51. The second kappa shape index (κ2) is 5.46. The molecule has 1 saturated heterocycles. The van der Waals surface area contributed by atoms with Crippen LogP contribution in [0.5, 0.6) is 5.75 Å². The lowest BCUT2D eigenvalue weighted by Gasteiger charge is -2.35. The molecule has 2 N–H and O–H groups in total. The van der Waals surface area contributed by atoms with Gasteiger partial charge in [-0.05, 0) is 31.2 Å². The standard InChI is InChI=1S/C12H17NO5S/c1-9-6-13(7-11(8-14)18-9)19(16,17)12-4-2-10(15)3-5-12/h2-5,9,11,14-15H,6-8H2,1H3. The zero-order valence-corrected chi connectivity index (χ0v) is 11.4. The molecular formula is C12H17NO5S. The van der Waals surface area contributed by atoms with E-state index in [1.165, 1.54) is 28.6 Å². The van der Waals surface area contributed by atoms with Crippen LogP contribution >= 0.6 is 0 Å². The van der Waals surface area contributed by atoms with E-state index in [2.05, 4.69) is 0 Å².